The quantitative estimate of drug-likeness (QED) is 0.812. The van der Waals surface area contributed by atoms with Gasteiger partial charge in [0.15, 0.2) is 0 Å². The third-order valence-electron chi connectivity index (χ3n) is 3.33. The number of rotatable bonds is 5. The van der Waals surface area contributed by atoms with Gasteiger partial charge in [-0.05, 0) is 25.8 Å². The van der Waals surface area contributed by atoms with Crippen LogP contribution >= 0.6 is 0 Å². The van der Waals surface area contributed by atoms with Crippen molar-refractivity contribution in [1.82, 2.24) is 15.3 Å². The molecule has 18 heavy (non-hydrogen) atoms. The van der Waals surface area contributed by atoms with Gasteiger partial charge >= 0.3 is 0 Å². The smallest absolute Gasteiger partial charge is 0.147 e. The summed E-state index contributed by atoms with van der Waals surface area (Å²) in [4.78, 5) is 11.4. The number of nitrogens with zero attached hydrogens (tertiary/aromatic N) is 3. The van der Waals surface area contributed by atoms with E-state index in [0.29, 0.717) is 0 Å². The molecule has 0 bridgehead atoms. The molecule has 0 aromatic carbocycles. The molecule has 2 rings (SSSR count). The van der Waals surface area contributed by atoms with Crippen molar-refractivity contribution in [3.8, 4) is 0 Å². The summed E-state index contributed by atoms with van der Waals surface area (Å²) in [7, 11) is 0. The highest BCUT2D eigenvalue weighted by Crippen LogP contribution is 2.16. The van der Waals surface area contributed by atoms with Gasteiger partial charge in [-0.25, -0.2) is 4.98 Å². The van der Waals surface area contributed by atoms with Crippen molar-refractivity contribution in [3.05, 3.63) is 18.1 Å². The number of anilines is 1. The third-order valence-corrected chi connectivity index (χ3v) is 3.33. The maximum atomic E-state index is 4.71. The molecule has 0 amide bonds. The van der Waals surface area contributed by atoms with Gasteiger partial charge in [0.1, 0.15) is 5.82 Å². The SMILES string of the molecule is CCCNCc1cncc(N2CCCCCC2)n1. The molecule has 1 N–H and O–H groups in total. The summed E-state index contributed by atoms with van der Waals surface area (Å²) in [5.74, 6) is 1.05. The maximum absolute atomic E-state index is 4.71. The summed E-state index contributed by atoms with van der Waals surface area (Å²) < 4.78 is 0. The van der Waals surface area contributed by atoms with Crippen LogP contribution in [0.4, 0.5) is 5.82 Å². The van der Waals surface area contributed by atoms with E-state index < -0.39 is 0 Å². The van der Waals surface area contributed by atoms with Crippen LogP contribution in [0, 0.1) is 0 Å². The van der Waals surface area contributed by atoms with Crippen LogP contribution in [0.2, 0.25) is 0 Å². The van der Waals surface area contributed by atoms with E-state index in [1.807, 2.05) is 12.4 Å². The molecule has 100 valence electrons. The lowest BCUT2D eigenvalue weighted by Crippen LogP contribution is -2.26. The standard InChI is InChI=1S/C14H24N4/c1-2-7-15-10-13-11-16-12-14(17-13)18-8-5-3-4-6-9-18/h11-12,15H,2-10H2,1H3. The Morgan fingerprint density at radius 1 is 1.17 bits per heavy atom. The summed E-state index contributed by atoms with van der Waals surface area (Å²) in [5, 5.41) is 3.37. The van der Waals surface area contributed by atoms with Gasteiger partial charge in [-0.1, -0.05) is 19.8 Å². The number of aromatic nitrogens is 2. The lowest BCUT2D eigenvalue weighted by atomic mass is 10.2. The summed E-state index contributed by atoms with van der Waals surface area (Å²) in [6.45, 7) is 6.28. The van der Waals surface area contributed by atoms with Gasteiger partial charge < -0.3 is 10.2 Å². The number of hydrogen-bond acceptors (Lipinski definition) is 4. The van der Waals surface area contributed by atoms with Gasteiger partial charge in [0.05, 0.1) is 11.9 Å². The molecule has 2 heterocycles. The van der Waals surface area contributed by atoms with Crippen LogP contribution in [0.25, 0.3) is 0 Å². The maximum Gasteiger partial charge on any atom is 0.147 e. The monoisotopic (exact) mass is 248 g/mol. The highest BCUT2D eigenvalue weighted by atomic mass is 15.2. The second-order valence-electron chi connectivity index (χ2n) is 4.95. The Morgan fingerprint density at radius 3 is 2.67 bits per heavy atom. The van der Waals surface area contributed by atoms with Crippen LogP contribution in [0.5, 0.6) is 0 Å². The predicted molar refractivity (Wildman–Crippen MR) is 74.7 cm³/mol. The van der Waals surface area contributed by atoms with Crippen molar-refractivity contribution >= 4 is 5.82 Å². The first-order valence-corrected chi connectivity index (χ1v) is 7.16. The topological polar surface area (TPSA) is 41.1 Å². The Labute approximate surface area is 110 Å². The van der Waals surface area contributed by atoms with Crippen LogP contribution in [-0.4, -0.2) is 29.6 Å². The Balaban J connectivity index is 1.96. The third kappa shape index (κ3) is 3.95. The molecule has 1 fully saturated rings. The molecule has 0 radical (unpaired) electrons. The average molecular weight is 248 g/mol. The molecule has 1 aromatic heterocycles. The van der Waals surface area contributed by atoms with E-state index in [2.05, 4.69) is 22.1 Å². The lowest BCUT2D eigenvalue weighted by molar-refractivity contribution is 0.659. The van der Waals surface area contributed by atoms with Crippen molar-refractivity contribution < 1.29 is 0 Å². The second-order valence-corrected chi connectivity index (χ2v) is 4.95. The fourth-order valence-electron chi connectivity index (χ4n) is 2.33. The highest BCUT2D eigenvalue weighted by Gasteiger charge is 2.11. The molecule has 1 saturated heterocycles. The zero-order valence-electron chi connectivity index (χ0n) is 11.4. The fraction of sp³-hybridized carbons (Fsp3) is 0.714. The summed E-state index contributed by atoms with van der Waals surface area (Å²) in [6, 6.07) is 0. The van der Waals surface area contributed by atoms with Crippen LogP contribution in [0.15, 0.2) is 12.4 Å². The summed E-state index contributed by atoms with van der Waals surface area (Å²) >= 11 is 0. The van der Waals surface area contributed by atoms with Crippen molar-refractivity contribution in [3.63, 3.8) is 0 Å². The molecule has 0 aliphatic carbocycles. The average Bonchev–Trinajstić information content (AvgIpc) is 2.68. The van der Waals surface area contributed by atoms with E-state index >= 15 is 0 Å². The Bertz CT molecular complexity index is 345. The molecule has 0 spiro atoms. The zero-order valence-corrected chi connectivity index (χ0v) is 11.4. The molecular weight excluding hydrogens is 224 g/mol. The Hall–Kier alpha value is -1.16. The predicted octanol–water partition coefficient (Wildman–Crippen LogP) is 2.36. The summed E-state index contributed by atoms with van der Waals surface area (Å²) in [5.41, 5.74) is 1.05. The van der Waals surface area contributed by atoms with Gasteiger partial charge in [-0.2, -0.15) is 0 Å². The molecule has 1 aliphatic rings. The fourth-order valence-corrected chi connectivity index (χ4v) is 2.33. The van der Waals surface area contributed by atoms with Crippen LogP contribution in [0.1, 0.15) is 44.7 Å². The first kappa shape index (κ1) is 13.3. The molecule has 0 unspecified atom stereocenters. The number of hydrogen-bond donors (Lipinski definition) is 1. The van der Waals surface area contributed by atoms with Crippen LogP contribution < -0.4 is 10.2 Å². The van der Waals surface area contributed by atoms with E-state index in [4.69, 9.17) is 4.98 Å². The molecule has 1 aromatic rings. The Morgan fingerprint density at radius 2 is 1.94 bits per heavy atom. The van der Waals surface area contributed by atoms with Crippen LogP contribution in [0.3, 0.4) is 0 Å². The molecule has 1 aliphatic heterocycles. The zero-order chi connectivity index (χ0) is 12.6. The minimum absolute atomic E-state index is 0.822. The molecule has 4 nitrogen and oxygen atoms in total. The van der Waals surface area contributed by atoms with E-state index in [1.165, 1.54) is 25.7 Å². The Kier molecular flexibility index (Phi) is 5.39. The van der Waals surface area contributed by atoms with Crippen molar-refractivity contribution in [2.24, 2.45) is 0 Å². The normalized spacial score (nSPS) is 16.6. The second kappa shape index (κ2) is 7.31. The molecule has 4 heteroatoms. The van der Waals surface area contributed by atoms with Gasteiger partial charge in [-0.15, -0.1) is 0 Å². The van der Waals surface area contributed by atoms with E-state index in [9.17, 15) is 0 Å². The van der Waals surface area contributed by atoms with E-state index in [-0.39, 0.29) is 0 Å². The first-order chi connectivity index (χ1) is 8.90. The van der Waals surface area contributed by atoms with E-state index in [1.54, 1.807) is 0 Å². The van der Waals surface area contributed by atoms with Gasteiger partial charge in [0.25, 0.3) is 0 Å². The minimum Gasteiger partial charge on any atom is -0.355 e. The van der Waals surface area contributed by atoms with Crippen molar-refractivity contribution in [2.45, 2.75) is 45.6 Å². The van der Waals surface area contributed by atoms with Crippen molar-refractivity contribution in [1.29, 1.82) is 0 Å². The minimum atomic E-state index is 0.822. The molecular formula is C14H24N4. The van der Waals surface area contributed by atoms with Crippen LogP contribution in [-0.2, 0) is 6.54 Å². The van der Waals surface area contributed by atoms with Crippen molar-refractivity contribution in [2.75, 3.05) is 24.5 Å². The van der Waals surface area contributed by atoms with Gasteiger partial charge in [-0.3, -0.25) is 4.98 Å². The van der Waals surface area contributed by atoms with Gasteiger partial charge in [0.2, 0.25) is 0 Å². The first-order valence-electron chi connectivity index (χ1n) is 7.16. The lowest BCUT2D eigenvalue weighted by Gasteiger charge is -2.21. The molecule has 0 atom stereocenters. The summed E-state index contributed by atoms with van der Waals surface area (Å²) in [6.07, 6.45) is 10.2. The highest BCUT2D eigenvalue weighted by molar-refractivity contribution is 5.36. The molecule has 0 saturated carbocycles. The van der Waals surface area contributed by atoms with E-state index in [0.717, 1.165) is 44.1 Å². The van der Waals surface area contributed by atoms with Gasteiger partial charge in [0, 0.05) is 25.8 Å². The largest absolute Gasteiger partial charge is 0.355 e. The number of nitrogens with one attached hydrogen (secondary N) is 1.